The van der Waals surface area contributed by atoms with Crippen LogP contribution in [-0.4, -0.2) is 21.9 Å². The van der Waals surface area contributed by atoms with Gasteiger partial charge in [-0.1, -0.05) is 0 Å². The zero-order valence-corrected chi connectivity index (χ0v) is 6.27. The zero-order valence-electron chi connectivity index (χ0n) is 5.38. The van der Waals surface area contributed by atoms with E-state index in [-0.39, 0.29) is 0 Å². The second kappa shape index (κ2) is 1.19. The maximum absolute atomic E-state index is 4.61. The van der Waals surface area contributed by atoms with Crippen molar-refractivity contribution >= 4 is 12.6 Å². The molecule has 0 aromatic heterocycles. The molecule has 3 fully saturated rings. The van der Waals surface area contributed by atoms with Crippen molar-refractivity contribution in [1.82, 2.24) is 4.90 Å². The Labute approximate surface area is 60.8 Å². The molecule has 0 aromatic rings. The Bertz CT molecular complexity index is 154. The lowest BCUT2D eigenvalue weighted by Gasteiger charge is -2.64. The predicted octanol–water partition coefficient (Wildman–Crippen LogP) is 1.25. The van der Waals surface area contributed by atoms with Gasteiger partial charge in [0, 0.05) is 12.1 Å². The van der Waals surface area contributed by atoms with Gasteiger partial charge in [0.2, 0.25) is 0 Å². The van der Waals surface area contributed by atoms with E-state index in [0.29, 0.717) is 4.87 Å². The molecular formula is C7H11NS. The number of thiol groups is 1. The van der Waals surface area contributed by atoms with Crippen molar-refractivity contribution in [3.63, 3.8) is 0 Å². The number of rotatable bonds is 0. The molecule has 1 nitrogen and oxygen atoms in total. The second-order valence-corrected chi connectivity index (χ2v) is 4.52. The number of hydrogen-bond acceptors (Lipinski definition) is 2. The van der Waals surface area contributed by atoms with Crippen LogP contribution in [0.2, 0.25) is 0 Å². The Hall–Kier alpha value is 0.310. The van der Waals surface area contributed by atoms with E-state index in [2.05, 4.69) is 17.5 Å². The van der Waals surface area contributed by atoms with E-state index in [0.717, 1.165) is 12.1 Å². The molecule has 0 bridgehead atoms. The lowest BCUT2D eigenvalue weighted by atomic mass is 9.81. The van der Waals surface area contributed by atoms with Crippen LogP contribution in [0.4, 0.5) is 0 Å². The summed E-state index contributed by atoms with van der Waals surface area (Å²) in [6.07, 6.45) is 5.64. The van der Waals surface area contributed by atoms with Crippen LogP contribution in [0, 0.1) is 0 Å². The summed E-state index contributed by atoms with van der Waals surface area (Å²) in [6.45, 7) is 0. The van der Waals surface area contributed by atoms with Crippen LogP contribution in [0.3, 0.4) is 0 Å². The van der Waals surface area contributed by atoms with Gasteiger partial charge in [-0.2, -0.15) is 12.6 Å². The van der Waals surface area contributed by atoms with Crippen LogP contribution in [0.5, 0.6) is 0 Å². The molecular weight excluding hydrogens is 130 g/mol. The molecule has 0 spiro atoms. The molecule has 0 amide bonds. The molecule has 2 heteroatoms. The van der Waals surface area contributed by atoms with Gasteiger partial charge in [-0.3, -0.25) is 4.90 Å². The molecule has 9 heavy (non-hydrogen) atoms. The van der Waals surface area contributed by atoms with Crippen molar-refractivity contribution in [2.75, 3.05) is 0 Å². The fourth-order valence-electron chi connectivity index (χ4n) is 2.87. The molecule has 3 aliphatic rings. The van der Waals surface area contributed by atoms with Crippen LogP contribution in [0.25, 0.3) is 0 Å². The predicted molar refractivity (Wildman–Crippen MR) is 39.6 cm³/mol. The molecule has 3 aliphatic heterocycles. The summed E-state index contributed by atoms with van der Waals surface area (Å²) in [6, 6.07) is 1.89. The van der Waals surface area contributed by atoms with Gasteiger partial charge in [-0.25, -0.2) is 0 Å². The molecule has 3 saturated heterocycles. The van der Waals surface area contributed by atoms with E-state index < -0.39 is 0 Å². The zero-order chi connectivity index (χ0) is 6.06. The fourth-order valence-corrected chi connectivity index (χ4v) is 3.61. The molecule has 0 saturated carbocycles. The largest absolute Gasteiger partial charge is 0.283 e. The van der Waals surface area contributed by atoms with E-state index in [4.69, 9.17) is 0 Å². The highest BCUT2D eigenvalue weighted by Crippen LogP contribution is 2.60. The normalized spacial score (nSPS) is 62.3. The van der Waals surface area contributed by atoms with Crippen LogP contribution < -0.4 is 0 Å². The molecule has 0 aromatic carbocycles. The minimum Gasteiger partial charge on any atom is -0.283 e. The van der Waals surface area contributed by atoms with Gasteiger partial charge in [-0.15, -0.1) is 0 Å². The monoisotopic (exact) mass is 141 g/mol. The topological polar surface area (TPSA) is 3.24 Å². The van der Waals surface area contributed by atoms with Gasteiger partial charge < -0.3 is 0 Å². The summed E-state index contributed by atoms with van der Waals surface area (Å²) in [5.41, 5.74) is 0. The lowest BCUT2D eigenvalue weighted by molar-refractivity contribution is -0.0997. The molecule has 1 unspecified atom stereocenters. The van der Waals surface area contributed by atoms with Crippen molar-refractivity contribution in [1.29, 1.82) is 0 Å². The molecule has 3 atom stereocenters. The van der Waals surface area contributed by atoms with Crippen molar-refractivity contribution in [2.24, 2.45) is 0 Å². The van der Waals surface area contributed by atoms with Crippen molar-refractivity contribution in [3.8, 4) is 0 Å². The minimum absolute atomic E-state index is 0.395. The third kappa shape index (κ3) is 0.385. The maximum atomic E-state index is 4.61. The Kier molecular flexibility index (Phi) is 0.665. The SMILES string of the molecule is SC12C[C@H]3CC[C@@H](C1)N32. The van der Waals surface area contributed by atoms with Crippen molar-refractivity contribution in [2.45, 2.75) is 42.6 Å². The first-order valence-electron chi connectivity index (χ1n) is 3.80. The summed E-state index contributed by atoms with van der Waals surface area (Å²) in [5.74, 6) is 0. The average molecular weight is 141 g/mol. The highest BCUT2D eigenvalue weighted by molar-refractivity contribution is 7.81. The van der Waals surface area contributed by atoms with Crippen LogP contribution in [0.1, 0.15) is 25.7 Å². The summed E-state index contributed by atoms with van der Waals surface area (Å²) >= 11 is 4.61. The van der Waals surface area contributed by atoms with Crippen LogP contribution in [0.15, 0.2) is 0 Å². The third-order valence-electron chi connectivity index (χ3n) is 3.23. The first kappa shape index (κ1) is 5.03. The fraction of sp³-hybridized carbons (Fsp3) is 1.00. The first-order valence-corrected chi connectivity index (χ1v) is 4.25. The molecule has 50 valence electrons. The summed E-state index contributed by atoms with van der Waals surface area (Å²) < 4.78 is 0. The van der Waals surface area contributed by atoms with E-state index in [1.165, 1.54) is 25.7 Å². The third-order valence-corrected chi connectivity index (χ3v) is 3.82. The standard InChI is InChI=1S/C7H11NS/c9-7-3-5-1-2-6(4-7)8(5)7/h5-6,9H,1-4H2/t5-,6+,7?. The molecule has 0 N–H and O–H groups in total. The summed E-state index contributed by atoms with van der Waals surface area (Å²) in [7, 11) is 0. The van der Waals surface area contributed by atoms with Crippen LogP contribution >= 0.6 is 12.6 Å². The molecule has 3 rings (SSSR count). The van der Waals surface area contributed by atoms with Gasteiger partial charge >= 0.3 is 0 Å². The highest BCUT2D eigenvalue weighted by atomic mass is 32.1. The number of nitrogens with zero attached hydrogens (tertiary/aromatic N) is 1. The Morgan fingerprint density at radius 3 is 2.11 bits per heavy atom. The second-order valence-electron chi connectivity index (χ2n) is 3.68. The number of hydrogen-bond donors (Lipinski definition) is 1. The Balaban J connectivity index is 1.97. The Morgan fingerprint density at radius 2 is 1.78 bits per heavy atom. The Morgan fingerprint density at radius 1 is 1.22 bits per heavy atom. The van der Waals surface area contributed by atoms with E-state index in [1.807, 2.05) is 0 Å². The molecule has 0 aliphatic carbocycles. The smallest absolute Gasteiger partial charge is 0.0675 e. The van der Waals surface area contributed by atoms with E-state index >= 15 is 0 Å². The average Bonchev–Trinajstić information content (AvgIpc) is 1.90. The quantitative estimate of drug-likeness (QED) is 0.497. The highest BCUT2D eigenvalue weighted by Gasteiger charge is 2.63. The lowest BCUT2D eigenvalue weighted by Crippen LogP contribution is -2.72. The van der Waals surface area contributed by atoms with E-state index in [1.54, 1.807) is 0 Å². The van der Waals surface area contributed by atoms with Crippen molar-refractivity contribution < 1.29 is 0 Å². The van der Waals surface area contributed by atoms with Gasteiger partial charge in [0.1, 0.15) is 0 Å². The van der Waals surface area contributed by atoms with Gasteiger partial charge in [0.15, 0.2) is 0 Å². The van der Waals surface area contributed by atoms with Gasteiger partial charge in [0.05, 0.1) is 4.87 Å². The van der Waals surface area contributed by atoms with Crippen LogP contribution in [-0.2, 0) is 0 Å². The summed E-state index contributed by atoms with van der Waals surface area (Å²) in [5, 5.41) is 0. The molecule has 0 radical (unpaired) electrons. The van der Waals surface area contributed by atoms with Gasteiger partial charge in [-0.05, 0) is 25.7 Å². The number of piperidine rings is 1. The molecule has 3 heterocycles. The van der Waals surface area contributed by atoms with Gasteiger partial charge in [0.25, 0.3) is 0 Å². The maximum Gasteiger partial charge on any atom is 0.0675 e. The summed E-state index contributed by atoms with van der Waals surface area (Å²) in [4.78, 5) is 3.00. The van der Waals surface area contributed by atoms with Crippen molar-refractivity contribution in [3.05, 3.63) is 0 Å². The van der Waals surface area contributed by atoms with E-state index in [9.17, 15) is 0 Å². The minimum atomic E-state index is 0.395. The first-order chi connectivity index (χ1) is 4.30.